The second-order valence-corrected chi connectivity index (χ2v) is 11.1. The van der Waals surface area contributed by atoms with Crippen LogP contribution >= 0.6 is 0 Å². The molecule has 4 rings (SSSR count). The summed E-state index contributed by atoms with van der Waals surface area (Å²) in [5.74, 6) is 3.73. The molecule has 4 aliphatic carbocycles. The summed E-state index contributed by atoms with van der Waals surface area (Å²) in [7, 11) is 0. The van der Waals surface area contributed by atoms with E-state index in [4.69, 9.17) is 4.74 Å². The van der Waals surface area contributed by atoms with E-state index in [1.807, 2.05) is 13.8 Å². The van der Waals surface area contributed by atoms with Crippen LogP contribution in [0.2, 0.25) is 0 Å². The molecule has 3 nitrogen and oxygen atoms in total. The van der Waals surface area contributed by atoms with E-state index in [1.54, 1.807) is 0 Å². The van der Waals surface area contributed by atoms with Crippen LogP contribution in [0.3, 0.4) is 0 Å². The second kappa shape index (κ2) is 7.38. The van der Waals surface area contributed by atoms with Crippen molar-refractivity contribution < 1.29 is 14.6 Å². The highest BCUT2D eigenvalue weighted by Crippen LogP contribution is 2.68. The van der Waals surface area contributed by atoms with Crippen LogP contribution in [0.5, 0.6) is 0 Å². The first-order valence-electron chi connectivity index (χ1n) is 12.1. The zero-order chi connectivity index (χ0) is 20.2. The maximum Gasteiger partial charge on any atom is 0.133 e. The van der Waals surface area contributed by atoms with Gasteiger partial charge in [-0.25, -0.2) is 0 Å². The highest BCUT2D eigenvalue weighted by molar-refractivity contribution is 5.79. The van der Waals surface area contributed by atoms with Crippen LogP contribution in [0.15, 0.2) is 0 Å². The number of hydrogen-bond donors (Lipinski definition) is 1. The number of rotatable bonds is 5. The highest BCUT2D eigenvalue weighted by atomic mass is 16.5. The van der Waals surface area contributed by atoms with Gasteiger partial charge < -0.3 is 9.84 Å². The topological polar surface area (TPSA) is 46.5 Å². The Kier molecular flexibility index (Phi) is 5.49. The van der Waals surface area contributed by atoms with Gasteiger partial charge in [-0.05, 0) is 113 Å². The van der Waals surface area contributed by atoms with Gasteiger partial charge in [-0.1, -0.05) is 13.8 Å². The van der Waals surface area contributed by atoms with E-state index in [0.717, 1.165) is 37.0 Å². The number of fused-ring (bicyclic) bond motifs is 5. The molecule has 0 amide bonds. The first-order valence-corrected chi connectivity index (χ1v) is 12.1. The fraction of sp³-hybridized carbons (Fsp3) is 0.960. The molecule has 0 heterocycles. The van der Waals surface area contributed by atoms with Crippen LogP contribution in [-0.4, -0.2) is 29.7 Å². The van der Waals surface area contributed by atoms with Crippen molar-refractivity contribution in [3.05, 3.63) is 0 Å². The van der Waals surface area contributed by atoms with Crippen LogP contribution < -0.4 is 0 Å². The van der Waals surface area contributed by atoms with Gasteiger partial charge in [0.25, 0.3) is 0 Å². The summed E-state index contributed by atoms with van der Waals surface area (Å²) >= 11 is 0. The molecule has 8 atom stereocenters. The van der Waals surface area contributed by atoms with Gasteiger partial charge in [-0.3, -0.25) is 4.79 Å². The lowest BCUT2D eigenvalue weighted by Crippen LogP contribution is -2.57. The summed E-state index contributed by atoms with van der Waals surface area (Å²) in [6.45, 7) is 9.89. The lowest BCUT2D eigenvalue weighted by molar-refractivity contribution is -0.173. The number of aliphatic hydroxyl groups is 1. The van der Waals surface area contributed by atoms with Crippen LogP contribution in [0.25, 0.3) is 0 Å². The molecular weight excluding hydrogens is 348 g/mol. The molecule has 4 saturated carbocycles. The Bertz CT molecular complexity index is 603. The first-order chi connectivity index (χ1) is 13.3. The fourth-order valence-corrected chi connectivity index (χ4v) is 8.93. The Labute approximate surface area is 172 Å². The van der Waals surface area contributed by atoms with Gasteiger partial charge >= 0.3 is 0 Å². The molecule has 0 radical (unpaired) electrons. The highest BCUT2D eigenvalue weighted by Gasteiger charge is 2.62. The minimum absolute atomic E-state index is 0.249. The molecule has 0 bridgehead atoms. The lowest BCUT2D eigenvalue weighted by Gasteiger charge is -2.63. The van der Waals surface area contributed by atoms with Crippen molar-refractivity contribution in [1.29, 1.82) is 0 Å². The van der Waals surface area contributed by atoms with E-state index >= 15 is 0 Å². The molecule has 0 aromatic carbocycles. The average molecular weight is 391 g/mol. The zero-order valence-corrected chi connectivity index (χ0v) is 18.6. The molecule has 3 heteroatoms. The van der Waals surface area contributed by atoms with E-state index in [9.17, 15) is 9.90 Å². The van der Waals surface area contributed by atoms with Gasteiger partial charge in [0.15, 0.2) is 0 Å². The van der Waals surface area contributed by atoms with Gasteiger partial charge in [0.05, 0.1) is 12.2 Å². The van der Waals surface area contributed by atoms with Crippen molar-refractivity contribution in [2.24, 2.45) is 40.4 Å². The summed E-state index contributed by atoms with van der Waals surface area (Å²) < 4.78 is 5.65. The third kappa shape index (κ3) is 3.02. The molecule has 4 fully saturated rings. The maximum atomic E-state index is 12.3. The Morgan fingerprint density at radius 1 is 1.04 bits per heavy atom. The van der Waals surface area contributed by atoms with E-state index in [2.05, 4.69) is 13.8 Å². The molecule has 28 heavy (non-hydrogen) atoms. The van der Waals surface area contributed by atoms with Crippen molar-refractivity contribution in [1.82, 2.24) is 0 Å². The number of ketones is 1. The number of carbonyl (C=O) groups is 1. The third-order valence-electron chi connectivity index (χ3n) is 10.2. The van der Waals surface area contributed by atoms with E-state index < -0.39 is 5.60 Å². The third-order valence-corrected chi connectivity index (χ3v) is 10.2. The molecule has 160 valence electrons. The van der Waals surface area contributed by atoms with Crippen LogP contribution in [-0.2, 0) is 9.53 Å². The Balaban J connectivity index is 1.57. The van der Waals surface area contributed by atoms with Crippen LogP contribution in [0.1, 0.15) is 91.9 Å². The minimum atomic E-state index is -0.609. The van der Waals surface area contributed by atoms with Gasteiger partial charge in [-0.15, -0.1) is 0 Å². The summed E-state index contributed by atoms with van der Waals surface area (Å²) in [6, 6.07) is 0. The summed E-state index contributed by atoms with van der Waals surface area (Å²) in [5.41, 5.74) is 0.0542. The number of ether oxygens (including phenoxy) is 1. The minimum Gasteiger partial charge on any atom is -0.387 e. The SMILES string of the molecule is CCOC[C@@]1(O)CC[C@@]2(CC)[C@H](CC[C@H]3[C@@H]4CC[C@H](C(C)=O)[C@@]4(C)CC[C@@H]32)C1. The molecule has 1 N–H and O–H groups in total. The molecule has 0 aromatic rings. The van der Waals surface area contributed by atoms with Crippen molar-refractivity contribution in [3.8, 4) is 0 Å². The van der Waals surface area contributed by atoms with Crippen molar-refractivity contribution >= 4 is 5.78 Å². The van der Waals surface area contributed by atoms with Crippen molar-refractivity contribution in [3.63, 3.8) is 0 Å². The first kappa shape index (κ1) is 20.8. The summed E-state index contributed by atoms with van der Waals surface area (Å²) in [6.07, 6.45) is 11.8. The zero-order valence-electron chi connectivity index (χ0n) is 18.6. The molecule has 4 aliphatic rings. The fourth-order valence-electron chi connectivity index (χ4n) is 8.93. The smallest absolute Gasteiger partial charge is 0.133 e. The van der Waals surface area contributed by atoms with E-state index in [-0.39, 0.29) is 5.41 Å². The van der Waals surface area contributed by atoms with Crippen LogP contribution in [0, 0.1) is 40.4 Å². The molecule has 0 spiro atoms. The number of hydrogen-bond acceptors (Lipinski definition) is 3. The summed E-state index contributed by atoms with van der Waals surface area (Å²) in [5, 5.41) is 11.2. The Morgan fingerprint density at radius 2 is 1.82 bits per heavy atom. The van der Waals surface area contributed by atoms with Crippen LogP contribution in [0.4, 0.5) is 0 Å². The predicted molar refractivity (Wildman–Crippen MR) is 112 cm³/mol. The normalized spacial score (nSPS) is 50.5. The monoisotopic (exact) mass is 390 g/mol. The van der Waals surface area contributed by atoms with Gasteiger partial charge in [-0.2, -0.15) is 0 Å². The van der Waals surface area contributed by atoms with Crippen molar-refractivity contribution in [2.75, 3.05) is 13.2 Å². The van der Waals surface area contributed by atoms with E-state index in [0.29, 0.717) is 36.2 Å². The Morgan fingerprint density at radius 3 is 2.50 bits per heavy atom. The largest absolute Gasteiger partial charge is 0.387 e. The van der Waals surface area contributed by atoms with E-state index in [1.165, 1.54) is 44.9 Å². The number of Topliss-reactive ketones (excluding diaryl/α,β-unsaturated/α-hetero) is 1. The molecule has 0 unspecified atom stereocenters. The number of carbonyl (C=O) groups excluding carboxylic acids is 1. The molecule has 0 aromatic heterocycles. The molecular formula is C25H42O3. The van der Waals surface area contributed by atoms with Crippen molar-refractivity contribution in [2.45, 2.75) is 97.5 Å². The lowest BCUT2D eigenvalue weighted by atomic mass is 9.42. The maximum absolute atomic E-state index is 12.3. The van der Waals surface area contributed by atoms with Gasteiger partial charge in [0, 0.05) is 12.5 Å². The molecule has 0 saturated heterocycles. The summed E-state index contributed by atoms with van der Waals surface area (Å²) in [4.78, 5) is 12.3. The molecule has 0 aliphatic heterocycles. The predicted octanol–water partition coefficient (Wildman–Crippen LogP) is 5.39. The quantitative estimate of drug-likeness (QED) is 0.684. The van der Waals surface area contributed by atoms with Gasteiger partial charge in [0.2, 0.25) is 0 Å². The standard InChI is InChI=1S/C25H42O3/c1-5-25-14-13-24(27,16-28-6-2)15-18(25)7-8-19-21-10-9-20(17(3)26)23(21,4)12-11-22(19)25/h18-22,27H,5-16H2,1-4H3/t18-,19+,20-,21+,22+,23-,24-,25+/m1/s1. The Hall–Kier alpha value is -0.410. The van der Waals surface area contributed by atoms with Gasteiger partial charge in [0.1, 0.15) is 5.78 Å². The second-order valence-electron chi connectivity index (χ2n) is 11.1. The average Bonchev–Trinajstić information content (AvgIpc) is 3.03.